The van der Waals surface area contributed by atoms with Gasteiger partial charge in [0.15, 0.2) is 5.78 Å². The average Bonchev–Trinajstić information content (AvgIpc) is 2.54. The van der Waals surface area contributed by atoms with Crippen molar-refractivity contribution in [3.05, 3.63) is 29.8 Å². The molecule has 25 heavy (non-hydrogen) atoms. The number of carbonyl (C=O) groups is 2. The number of carbonyl (C=O) groups excluding carboxylic acids is 2. The fourth-order valence-corrected chi connectivity index (χ4v) is 3.68. The molecule has 1 amide bonds. The Morgan fingerprint density at radius 2 is 1.92 bits per heavy atom. The lowest BCUT2D eigenvalue weighted by atomic mass is 10.1. The van der Waals surface area contributed by atoms with Crippen molar-refractivity contribution in [2.75, 3.05) is 37.2 Å². The third-order valence-corrected chi connectivity index (χ3v) is 5.45. The van der Waals surface area contributed by atoms with Gasteiger partial charge in [0.25, 0.3) is 0 Å². The fourth-order valence-electron chi connectivity index (χ4n) is 2.84. The number of ketones is 1. The number of piperidine rings is 1. The summed E-state index contributed by atoms with van der Waals surface area (Å²) in [6, 6.07) is 6.36. The monoisotopic (exact) mass is 367 g/mol. The highest BCUT2D eigenvalue weighted by molar-refractivity contribution is 7.92. The third kappa shape index (κ3) is 5.54. The zero-order valence-electron chi connectivity index (χ0n) is 14.9. The molecule has 1 heterocycles. The molecule has 1 aliphatic rings. The number of sulfonamides is 1. The molecule has 0 saturated carbocycles. The molecule has 0 atom stereocenters. The average molecular weight is 367 g/mol. The van der Waals surface area contributed by atoms with Gasteiger partial charge in [0.1, 0.15) is 6.54 Å². The van der Waals surface area contributed by atoms with E-state index in [0.717, 1.165) is 36.5 Å². The van der Waals surface area contributed by atoms with Gasteiger partial charge in [0.2, 0.25) is 15.9 Å². The number of hydrogen-bond acceptors (Lipinski definition) is 5. The standard InChI is InChI=1S/C17H25N3O4S/c1-13(21)14-5-4-6-16(11-14)20(25(3,23)24)12-17(22)18-15-7-9-19(2)10-8-15/h4-6,11,15H,7-10,12H2,1-3H3,(H,18,22). The zero-order chi connectivity index (χ0) is 18.6. The van der Waals surface area contributed by atoms with E-state index in [4.69, 9.17) is 0 Å². The highest BCUT2D eigenvalue weighted by Gasteiger charge is 2.24. The van der Waals surface area contributed by atoms with Crippen molar-refractivity contribution in [2.24, 2.45) is 0 Å². The van der Waals surface area contributed by atoms with Crippen LogP contribution >= 0.6 is 0 Å². The van der Waals surface area contributed by atoms with Crippen molar-refractivity contribution in [1.29, 1.82) is 0 Å². The maximum atomic E-state index is 12.3. The summed E-state index contributed by atoms with van der Waals surface area (Å²) in [5.41, 5.74) is 0.718. The number of Topliss-reactive ketones (excluding diaryl/α,β-unsaturated/α-hetero) is 1. The second-order valence-corrected chi connectivity index (χ2v) is 8.43. The summed E-state index contributed by atoms with van der Waals surface area (Å²) in [5.74, 6) is -0.501. The van der Waals surface area contributed by atoms with E-state index in [1.54, 1.807) is 18.2 Å². The third-order valence-electron chi connectivity index (χ3n) is 4.31. The molecule has 1 aromatic carbocycles. The Morgan fingerprint density at radius 1 is 1.28 bits per heavy atom. The number of nitrogens with zero attached hydrogens (tertiary/aromatic N) is 2. The van der Waals surface area contributed by atoms with Gasteiger partial charge < -0.3 is 10.2 Å². The number of nitrogens with one attached hydrogen (secondary N) is 1. The molecule has 2 rings (SSSR count). The Bertz CT molecular complexity index is 740. The van der Waals surface area contributed by atoms with Crippen LogP contribution in [0, 0.1) is 0 Å². The molecule has 8 heteroatoms. The molecular formula is C17H25N3O4S. The number of benzene rings is 1. The lowest BCUT2D eigenvalue weighted by molar-refractivity contribution is -0.120. The van der Waals surface area contributed by atoms with Crippen LogP contribution in [0.5, 0.6) is 0 Å². The van der Waals surface area contributed by atoms with E-state index in [1.165, 1.54) is 13.0 Å². The van der Waals surface area contributed by atoms with Crippen LogP contribution in [0.15, 0.2) is 24.3 Å². The van der Waals surface area contributed by atoms with Crippen LogP contribution in [0.4, 0.5) is 5.69 Å². The summed E-state index contributed by atoms with van der Waals surface area (Å²) in [7, 11) is -1.62. The maximum absolute atomic E-state index is 12.3. The topological polar surface area (TPSA) is 86.8 Å². The minimum atomic E-state index is -3.65. The van der Waals surface area contributed by atoms with E-state index in [-0.39, 0.29) is 24.3 Å². The number of rotatable bonds is 6. The smallest absolute Gasteiger partial charge is 0.240 e. The predicted octanol–water partition coefficient (Wildman–Crippen LogP) is 0.866. The Labute approximate surface area is 149 Å². The van der Waals surface area contributed by atoms with Gasteiger partial charge in [-0.05, 0) is 52.0 Å². The first-order chi connectivity index (χ1) is 11.7. The number of hydrogen-bond donors (Lipinski definition) is 1. The van der Waals surface area contributed by atoms with Gasteiger partial charge in [0.05, 0.1) is 11.9 Å². The number of amides is 1. The zero-order valence-corrected chi connectivity index (χ0v) is 15.7. The molecule has 1 saturated heterocycles. The van der Waals surface area contributed by atoms with E-state index in [9.17, 15) is 18.0 Å². The summed E-state index contributed by atoms with van der Waals surface area (Å²) >= 11 is 0. The molecule has 0 radical (unpaired) electrons. The predicted molar refractivity (Wildman–Crippen MR) is 97.3 cm³/mol. The molecular weight excluding hydrogens is 342 g/mol. The highest BCUT2D eigenvalue weighted by Crippen LogP contribution is 2.19. The Kier molecular flexibility index (Phi) is 6.18. The molecule has 1 aromatic rings. The number of anilines is 1. The van der Waals surface area contributed by atoms with E-state index in [1.807, 2.05) is 7.05 Å². The van der Waals surface area contributed by atoms with Crippen molar-refractivity contribution < 1.29 is 18.0 Å². The maximum Gasteiger partial charge on any atom is 0.240 e. The highest BCUT2D eigenvalue weighted by atomic mass is 32.2. The van der Waals surface area contributed by atoms with Gasteiger partial charge in [0, 0.05) is 11.6 Å². The van der Waals surface area contributed by atoms with E-state index in [2.05, 4.69) is 10.2 Å². The van der Waals surface area contributed by atoms with Crippen molar-refractivity contribution in [2.45, 2.75) is 25.8 Å². The van der Waals surface area contributed by atoms with Crippen LogP contribution in [-0.2, 0) is 14.8 Å². The summed E-state index contributed by atoms with van der Waals surface area (Å²) in [5, 5.41) is 2.91. The van der Waals surface area contributed by atoms with Crippen molar-refractivity contribution in [3.8, 4) is 0 Å². The normalized spacial score (nSPS) is 16.4. The van der Waals surface area contributed by atoms with Crippen LogP contribution in [0.25, 0.3) is 0 Å². The summed E-state index contributed by atoms with van der Waals surface area (Å²) < 4.78 is 25.3. The van der Waals surface area contributed by atoms with Crippen LogP contribution in [0.3, 0.4) is 0 Å². The van der Waals surface area contributed by atoms with Crippen molar-refractivity contribution >= 4 is 27.4 Å². The SMILES string of the molecule is CC(=O)c1cccc(N(CC(=O)NC2CCN(C)CC2)S(C)(=O)=O)c1. The molecule has 0 unspecified atom stereocenters. The quantitative estimate of drug-likeness (QED) is 0.754. The summed E-state index contributed by atoms with van der Waals surface area (Å²) in [6.45, 7) is 2.92. The first kappa shape index (κ1) is 19.4. The first-order valence-corrected chi connectivity index (χ1v) is 10.1. The van der Waals surface area contributed by atoms with E-state index >= 15 is 0 Å². The van der Waals surface area contributed by atoms with Crippen LogP contribution in [0.1, 0.15) is 30.1 Å². The van der Waals surface area contributed by atoms with Gasteiger partial charge in [-0.25, -0.2) is 8.42 Å². The van der Waals surface area contributed by atoms with Crippen molar-refractivity contribution in [1.82, 2.24) is 10.2 Å². The lowest BCUT2D eigenvalue weighted by Crippen LogP contribution is -2.47. The molecule has 0 spiro atoms. The van der Waals surface area contributed by atoms with Crippen LogP contribution in [0.2, 0.25) is 0 Å². The Morgan fingerprint density at radius 3 is 2.48 bits per heavy atom. The molecule has 0 aliphatic carbocycles. The molecule has 138 valence electrons. The van der Waals surface area contributed by atoms with Gasteiger partial charge in [-0.3, -0.25) is 13.9 Å². The minimum Gasteiger partial charge on any atom is -0.352 e. The van der Waals surface area contributed by atoms with Crippen LogP contribution in [-0.4, -0.2) is 64.0 Å². The Hall–Kier alpha value is -1.93. The lowest BCUT2D eigenvalue weighted by Gasteiger charge is -2.30. The second kappa shape index (κ2) is 7.97. The summed E-state index contributed by atoms with van der Waals surface area (Å²) in [6.07, 6.45) is 2.75. The van der Waals surface area contributed by atoms with Gasteiger partial charge in [-0.1, -0.05) is 12.1 Å². The number of likely N-dealkylation sites (tertiary alicyclic amines) is 1. The largest absolute Gasteiger partial charge is 0.352 e. The van der Waals surface area contributed by atoms with Crippen molar-refractivity contribution in [3.63, 3.8) is 0 Å². The van der Waals surface area contributed by atoms with E-state index in [0.29, 0.717) is 11.3 Å². The molecule has 0 aromatic heterocycles. The molecule has 0 bridgehead atoms. The molecule has 7 nitrogen and oxygen atoms in total. The first-order valence-electron chi connectivity index (χ1n) is 8.23. The van der Waals surface area contributed by atoms with Gasteiger partial charge >= 0.3 is 0 Å². The van der Waals surface area contributed by atoms with Crippen LogP contribution < -0.4 is 9.62 Å². The fraction of sp³-hybridized carbons (Fsp3) is 0.529. The second-order valence-electron chi connectivity index (χ2n) is 6.52. The van der Waals surface area contributed by atoms with Gasteiger partial charge in [-0.15, -0.1) is 0 Å². The molecule has 1 fully saturated rings. The minimum absolute atomic E-state index is 0.0636. The Balaban J connectivity index is 2.12. The van der Waals surface area contributed by atoms with Gasteiger partial charge in [-0.2, -0.15) is 0 Å². The summed E-state index contributed by atoms with van der Waals surface area (Å²) in [4.78, 5) is 26.1. The van der Waals surface area contributed by atoms with E-state index < -0.39 is 10.0 Å². The molecule has 1 N–H and O–H groups in total. The molecule has 1 aliphatic heterocycles.